The van der Waals surface area contributed by atoms with Crippen LogP contribution in [0, 0.1) is 0 Å². The van der Waals surface area contributed by atoms with Crippen LogP contribution in [0.15, 0.2) is 0 Å². The van der Waals surface area contributed by atoms with E-state index in [9.17, 15) is 0 Å². The van der Waals surface area contributed by atoms with E-state index in [1.807, 2.05) is 6.92 Å². The molecule has 1 aliphatic rings. The predicted octanol–water partition coefficient (Wildman–Crippen LogP) is 0.638. The number of rotatable bonds is 5. The van der Waals surface area contributed by atoms with Crippen LogP contribution in [0.3, 0.4) is 0 Å². The summed E-state index contributed by atoms with van der Waals surface area (Å²) >= 11 is 0. The fourth-order valence-corrected chi connectivity index (χ4v) is 1.00. The first kappa shape index (κ1) is 8.93. The number of hydrogen-bond acceptors (Lipinski definition) is 4. The van der Waals surface area contributed by atoms with Gasteiger partial charge in [0.2, 0.25) is 0 Å². The van der Waals surface area contributed by atoms with E-state index in [0.29, 0.717) is 13.2 Å². The first-order chi connectivity index (χ1) is 5.43. The van der Waals surface area contributed by atoms with E-state index in [-0.39, 0.29) is 6.10 Å². The zero-order valence-electron chi connectivity index (χ0n) is 6.84. The van der Waals surface area contributed by atoms with Gasteiger partial charge in [0.15, 0.2) is 0 Å². The van der Waals surface area contributed by atoms with Crippen molar-refractivity contribution in [1.29, 1.82) is 0 Å². The molecule has 1 N–H and O–H groups in total. The van der Waals surface area contributed by atoms with Crippen molar-refractivity contribution in [1.82, 2.24) is 5.64 Å². The molecule has 11 heavy (non-hydrogen) atoms. The Kier molecular flexibility index (Phi) is 4.45. The SMILES string of the molecule is CCONOCC1CCCO1. The summed E-state index contributed by atoms with van der Waals surface area (Å²) in [4.78, 5) is 9.73. The average Bonchev–Trinajstić information content (AvgIpc) is 2.50. The summed E-state index contributed by atoms with van der Waals surface area (Å²) in [6, 6.07) is 0. The van der Waals surface area contributed by atoms with Gasteiger partial charge in [-0.25, -0.2) is 0 Å². The van der Waals surface area contributed by atoms with Crippen molar-refractivity contribution in [2.75, 3.05) is 19.8 Å². The molecule has 0 spiro atoms. The smallest absolute Gasteiger partial charge is 0.0971 e. The highest BCUT2D eigenvalue weighted by atomic mass is 16.9. The molecule has 1 saturated heterocycles. The van der Waals surface area contributed by atoms with Crippen molar-refractivity contribution in [2.45, 2.75) is 25.9 Å². The monoisotopic (exact) mass is 161 g/mol. The maximum absolute atomic E-state index is 5.31. The van der Waals surface area contributed by atoms with Crippen molar-refractivity contribution in [3.05, 3.63) is 0 Å². The molecule has 0 saturated carbocycles. The number of hydrogen-bond donors (Lipinski definition) is 1. The highest BCUT2D eigenvalue weighted by molar-refractivity contribution is 4.62. The van der Waals surface area contributed by atoms with Gasteiger partial charge in [-0.15, -0.1) is 0 Å². The summed E-state index contributed by atoms with van der Waals surface area (Å²) in [5.74, 6) is 0. The van der Waals surface area contributed by atoms with Crippen LogP contribution in [0.1, 0.15) is 19.8 Å². The van der Waals surface area contributed by atoms with Gasteiger partial charge in [-0.2, -0.15) is 0 Å². The van der Waals surface area contributed by atoms with Gasteiger partial charge in [0.1, 0.15) is 0 Å². The Morgan fingerprint density at radius 3 is 3.09 bits per heavy atom. The van der Waals surface area contributed by atoms with E-state index >= 15 is 0 Å². The first-order valence-corrected chi connectivity index (χ1v) is 4.03. The summed E-state index contributed by atoms with van der Waals surface area (Å²) in [6.45, 7) is 3.93. The van der Waals surface area contributed by atoms with E-state index in [2.05, 4.69) is 5.64 Å². The third-order valence-corrected chi connectivity index (χ3v) is 1.56. The zero-order chi connectivity index (χ0) is 7.94. The van der Waals surface area contributed by atoms with Crippen LogP contribution in [0.5, 0.6) is 0 Å². The normalized spacial score (nSPS) is 24.3. The van der Waals surface area contributed by atoms with Gasteiger partial charge in [0.05, 0.1) is 19.3 Å². The third kappa shape index (κ3) is 3.67. The van der Waals surface area contributed by atoms with Crippen molar-refractivity contribution >= 4 is 0 Å². The molecule has 4 nitrogen and oxygen atoms in total. The average molecular weight is 161 g/mol. The topological polar surface area (TPSA) is 39.7 Å². The minimum absolute atomic E-state index is 0.253. The molecule has 1 heterocycles. The van der Waals surface area contributed by atoms with Crippen LogP contribution in [-0.2, 0) is 14.4 Å². The molecule has 1 fully saturated rings. The second kappa shape index (κ2) is 5.49. The lowest BCUT2D eigenvalue weighted by Gasteiger charge is -2.09. The van der Waals surface area contributed by atoms with Crippen molar-refractivity contribution in [3.8, 4) is 0 Å². The molecule has 66 valence electrons. The third-order valence-electron chi connectivity index (χ3n) is 1.56. The van der Waals surface area contributed by atoms with Gasteiger partial charge in [0.25, 0.3) is 0 Å². The molecule has 0 aromatic rings. The molecular weight excluding hydrogens is 146 g/mol. The Morgan fingerprint density at radius 1 is 1.55 bits per heavy atom. The molecule has 0 amide bonds. The zero-order valence-corrected chi connectivity index (χ0v) is 6.84. The lowest BCUT2D eigenvalue weighted by Crippen LogP contribution is -2.22. The van der Waals surface area contributed by atoms with Crippen LogP contribution in [-0.4, -0.2) is 25.9 Å². The predicted molar refractivity (Wildman–Crippen MR) is 39.7 cm³/mol. The van der Waals surface area contributed by atoms with E-state index in [0.717, 1.165) is 19.4 Å². The second-order valence-corrected chi connectivity index (χ2v) is 2.46. The Bertz CT molecular complexity index is 93.7. The molecule has 1 rings (SSSR count). The highest BCUT2D eigenvalue weighted by Crippen LogP contribution is 2.11. The molecular formula is C7H15NO3. The van der Waals surface area contributed by atoms with Crippen LogP contribution in [0.25, 0.3) is 0 Å². The van der Waals surface area contributed by atoms with Crippen LogP contribution < -0.4 is 5.64 Å². The van der Waals surface area contributed by atoms with Gasteiger partial charge in [-0.3, -0.25) is 9.68 Å². The van der Waals surface area contributed by atoms with Crippen molar-refractivity contribution < 1.29 is 14.4 Å². The Hall–Kier alpha value is -0.160. The minimum Gasteiger partial charge on any atom is -0.376 e. The van der Waals surface area contributed by atoms with Gasteiger partial charge >= 0.3 is 0 Å². The summed E-state index contributed by atoms with van der Waals surface area (Å²) in [5, 5.41) is 0. The lowest BCUT2D eigenvalue weighted by molar-refractivity contribution is -0.181. The van der Waals surface area contributed by atoms with E-state index in [4.69, 9.17) is 14.4 Å². The number of ether oxygens (including phenoxy) is 1. The van der Waals surface area contributed by atoms with Gasteiger partial charge < -0.3 is 4.74 Å². The van der Waals surface area contributed by atoms with Crippen molar-refractivity contribution in [2.24, 2.45) is 0 Å². The summed E-state index contributed by atoms with van der Waals surface area (Å²) in [5.41, 5.74) is 2.38. The van der Waals surface area contributed by atoms with E-state index < -0.39 is 0 Å². The molecule has 0 radical (unpaired) electrons. The highest BCUT2D eigenvalue weighted by Gasteiger charge is 2.15. The van der Waals surface area contributed by atoms with Crippen LogP contribution >= 0.6 is 0 Å². The maximum Gasteiger partial charge on any atom is 0.0971 e. The molecule has 4 heteroatoms. The Labute approximate surface area is 66.7 Å². The maximum atomic E-state index is 5.31. The van der Waals surface area contributed by atoms with Gasteiger partial charge in [0, 0.05) is 6.61 Å². The Morgan fingerprint density at radius 2 is 2.45 bits per heavy atom. The second-order valence-electron chi connectivity index (χ2n) is 2.46. The largest absolute Gasteiger partial charge is 0.376 e. The quantitative estimate of drug-likeness (QED) is 0.474. The molecule has 0 aromatic carbocycles. The fourth-order valence-electron chi connectivity index (χ4n) is 1.00. The molecule has 0 bridgehead atoms. The number of nitrogens with one attached hydrogen (secondary N) is 1. The molecule has 1 unspecified atom stereocenters. The standard InChI is InChI=1S/C7H15NO3/c1-2-10-8-11-6-7-4-3-5-9-7/h7-8H,2-6H2,1H3. The molecule has 1 atom stereocenters. The minimum atomic E-state index is 0.253. The molecule has 0 aliphatic carbocycles. The Balaban J connectivity index is 1.86. The van der Waals surface area contributed by atoms with E-state index in [1.165, 1.54) is 0 Å². The lowest BCUT2D eigenvalue weighted by atomic mass is 10.2. The van der Waals surface area contributed by atoms with Crippen LogP contribution in [0.4, 0.5) is 0 Å². The molecule has 1 aliphatic heterocycles. The summed E-state index contributed by atoms with van der Waals surface area (Å²) in [7, 11) is 0. The van der Waals surface area contributed by atoms with Crippen molar-refractivity contribution in [3.63, 3.8) is 0 Å². The van der Waals surface area contributed by atoms with E-state index in [1.54, 1.807) is 0 Å². The first-order valence-electron chi connectivity index (χ1n) is 4.03. The summed E-state index contributed by atoms with van der Waals surface area (Å²) < 4.78 is 5.31. The van der Waals surface area contributed by atoms with Crippen LogP contribution in [0.2, 0.25) is 0 Å². The summed E-state index contributed by atoms with van der Waals surface area (Å²) in [6.07, 6.45) is 2.49. The van der Waals surface area contributed by atoms with Gasteiger partial charge in [-0.05, 0) is 19.8 Å². The fraction of sp³-hybridized carbons (Fsp3) is 1.00. The molecule has 0 aromatic heterocycles. The van der Waals surface area contributed by atoms with Gasteiger partial charge in [-0.1, -0.05) is 5.64 Å².